The van der Waals surface area contributed by atoms with E-state index in [1.807, 2.05) is 23.6 Å². The zero-order valence-corrected chi connectivity index (χ0v) is 21.7. The van der Waals surface area contributed by atoms with Gasteiger partial charge in [-0.15, -0.1) is 11.3 Å². The molecule has 1 amide bonds. The average molecular weight is 530 g/mol. The number of hydrogen-bond donors (Lipinski definition) is 1. The van der Waals surface area contributed by atoms with E-state index in [1.54, 1.807) is 24.5 Å². The van der Waals surface area contributed by atoms with Crippen molar-refractivity contribution in [2.24, 2.45) is 11.8 Å². The summed E-state index contributed by atoms with van der Waals surface area (Å²) in [5, 5.41) is 5.36. The maximum absolute atomic E-state index is 12.7. The summed E-state index contributed by atoms with van der Waals surface area (Å²) in [6.45, 7) is 3.61. The highest BCUT2D eigenvalue weighted by atomic mass is 79.9. The van der Waals surface area contributed by atoms with Crippen molar-refractivity contribution in [3.05, 3.63) is 56.7 Å². The van der Waals surface area contributed by atoms with Crippen LogP contribution < -0.4 is 10.1 Å². The van der Waals surface area contributed by atoms with Crippen molar-refractivity contribution in [3.8, 4) is 5.75 Å². The number of methoxy groups -OCH3 is 1. The third-order valence-corrected chi connectivity index (χ3v) is 9.46. The van der Waals surface area contributed by atoms with Crippen LogP contribution in [0, 0.1) is 11.8 Å². The Morgan fingerprint density at radius 2 is 2.18 bits per heavy atom. The molecule has 2 saturated carbocycles. The van der Waals surface area contributed by atoms with Crippen LogP contribution in [0.4, 0.5) is 0 Å². The quantitative estimate of drug-likeness (QED) is 0.456. The fraction of sp³-hybridized carbons (Fsp3) is 0.519. The molecule has 5 rings (SSSR count). The van der Waals surface area contributed by atoms with E-state index < -0.39 is 0 Å². The van der Waals surface area contributed by atoms with E-state index in [2.05, 4.69) is 44.3 Å². The van der Waals surface area contributed by atoms with Gasteiger partial charge in [-0.25, -0.2) is 0 Å². The fourth-order valence-corrected chi connectivity index (χ4v) is 7.26. The normalized spacial score (nSPS) is 27.9. The Kier molecular flexibility index (Phi) is 6.96. The second-order valence-electron chi connectivity index (χ2n) is 10.0. The number of halogens is 1. The molecule has 6 heteroatoms. The van der Waals surface area contributed by atoms with E-state index >= 15 is 0 Å². The first-order chi connectivity index (χ1) is 16.0. The highest BCUT2D eigenvalue weighted by Gasteiger charge is 2.48. The molecular weight excluding hydrogens is 496 g/mol. The van der Waals surface area contributed by atoms with Crippen LogP contribution in [0.5, 0.6) is 5.75 Å². The molecule has 2 heterocycles. The van der Waals surface area contributed by atoms with Gasteiger partial charge in [0.15, 0.2) is 0 Å². The van der Waals surface area contributed by atoms with Crippen LogP contribution in [0.3, 0.4) is 0 Å². The minimum atomic E-state index is 0.00920. The molecule has 3 aliphatic rings. The molecule has 1 saturated heterocycles. The number of likely N-dealkylation sites (tertiary alicyclic amines) is 1. The molecular formula is C27H33BrN2O2S. The number of carbonyl (C=O) groups excluding carboxylic acids is 1. The van der Waals surface area contributed by atoms with Gasteiger partial charge in [-0.2, -0.15) is 0 Å². The number of ether oxygens (including phenoxy) is 1. The molecule has 0 spiro atoms. The number of thiophene rings is 1. The molecule has 3 fully saturated rings. The highest BCUT2D eigenvalue weighted by molar-refractivity contribution is 9.10. The van der Waals surface area contributed by atoms with Crippen molar-refractivity contribution in [2.75, 3.05) is 26.7 Å². The average Bonchev–Trinajstić information content (AvgIpc) is 3.55. The topological polar surface area (TPSA) is 41.6 Å². The first-order valence-electron chi connectivity index (χ1n) is 12.1. The van der Waals surface area contributed by atoms with Gasteiger partial charge in [0, 0.05) is 45.4 Å². The summed E-state index contributed by atoms with van der Waals surface area (Å²) in [4.78, 5) is 16.5. The largest absolute Gasteiger partial charge is 0.497 e. The van der Waals surface area contributed by atoms with E-state index in [0.717, 1.165) is 53.2 Å². The van der Waals surface area contributed by atoms with Gasteiger partial charge in [-0.1, -0.05) is 12.1 Å². The molecule has 3 atom stereocenters. The van der Waals surface area contributed by atoms with Crippen molar-refractivity contribution in [1.29, 1.82) is 0 Å². The SMILES string of the molecule is COc1cccc([C@@]23CCN(CC4CC4)C[C@H]2CC[C@H](NC(=O)C=Cc2cc(Br)cs2)C3)c1. The highest BCUT2D eigenvalue weighted by Crippen LogP contribution is 2.50. The van der Waals surface area contributed by atoms with Gasteiger partial charge >= 0.3 is 0 Å². The number of piperidine rings is 1. The molecule has 0 bridgehead atoms. The summed E-state index contributed by atoms with van der Waals surface area (Å²) in [7, 11) is 1.74. The first-order valence-corrected chi connectivity index (χ1v) is 13.8. The standard InChI is InChI=1S/C27H33BrN2O2S/c1-32-24-4-2-3-20(13-24)27-11-12-30(16-19-5-6-19)17-21(27)7-8-23(15-27)29-26(31)10-9-25-14-22(28)18-33-25/h2-4,9-10,13-14,18-19,21,23H,5-8,11-12,15-17H2,1H3,(H,29,31)/t21-,23+,27+/m1/s1. The number of fused-ring (bicyclic) bond motifs is 1. The van der Waals surface area contributed by atoms with Gasteiger partial charge in [-0.05, 0) is 103 Å². The lowest BCUT2D eigenvalue weighted by Crippen LogP contribution is -2.56. The third-order valence-electron chi connectivity index (χ3n) is 7.80. The smallest absolute Gasteiger partial charge is 0.244 e. The van der Waals surface area contributed by atoms with Crippen LogP contribution in [0.2, 0.25) is 0 Å². The third kappa shape index (κ3) is 5.39. The molecule has 1 aliphatic heterocycles. The van der Waals surface area contributed by atoms with Crippen LogP contribution in [0.25, 0.3) is 6.08 Å². The van der Waals surface area contributed by atoms with E-state index in [9.17, 15) is 4.79 Å². The van der Waals surface area contributed by atoms with E-state index in [4.69, 9.17) is 4.74 Å². The lowest BCUT2D eigenvalue weighted by atomic mass is 9.58. The minimum absolute atomic E-state index is 0.00920. The Balaban J connectivity index is 1.32. The Morgan fingerprint density at radius 3 is 2.94 bits per heavy atom. The molecule has 1 aromatic heterocycles. The molecule has 0 radical (unpaired) electrons. The van der Waals surface area contributed by atoms with E-state index in [1.165, 1.54) is 31.5 Å². The zero-order valence-electron chi connectivity index (χ0n) is 19.3. The number of rotatable bonds is 7. The van der Waals surface area contributed by atoms with Gasteiger partial charge in [0.2, 0.25) is 5.91 Å². The van der Waals surface area contributed by atoms with Crippen molar-refractivity contribution in [3.63, 3.8) is 0 Å². The molecule has 176 valence electrons. The van der Waals surface area contributed by atoms with Crippen LogP contribution in [0.1, 0.15) is 49.0 Å². The second-order valence-corrected chi connectivity index (χ2v) is 11.9. The Morgan fingerprint density at radius 1 is 1.30 bits per heavy atom. The zero-order chi connectivity index (χ0) is 22.8. The molecule has 1 aromatic carbocycles. The Labute approximate surface area is 209 Å². The summed E-state index contributed by atoms with van der Waals surface area (Å²) in [6, 6.07) is 10.9. The van der Waals surface area contributed by atoms with Gasteiger partial charge in [-0.3, -0.25) is 4.79 Å². The minimum Gasteiger partial charge on any atom is -0.497 e. The lowest BCUT2D eigenvalue weighted by molar-refractivity contribution is -0.117. The van der Waals surface area contributed by atoms with Crippen LogP contribution in [0.15, 0.2) is 46.3 Å². The van der Waals surface area contributed by atoms with Crippen LogP contribution in [-0.4, -0.2) is 43.6 Å². The molecule has 4 nitrogen and oxygen atoms in total. The first kappa shape index (κ1) is 23.1. The second kappa shape index (κ2) is 9.93. The summed E-state index contributed by atoms with van der Waals surface area (Å²) in [5.74, 6) is 2.50. The monoisotopic (exact) mass is 528 g/mol. The van der Waals surface area contributed by atoms with Crippen molar-refractivity contribution >= 4 is 39.2 Å². The van der Waals surface area contributed by atoms with Gasteiger partial charge in [0.05, 0.1) is 7.11 Å². The molecule has 33 heavy (non-hydrogen) atoms. The predicted octanol–water partition coefficient (Wildman–Crippen LogP) is 5.87. The van der Waals surface area contributed by atoms with Crippen molar-refractivity contribution in [2.45, 2.75) is 50.0 Å². The maximum atomic E-state index is 12.7. The van der Waals surface area contributed by atoms with E-state index in [-0.39, 0.29) is 17.4 Å². The van der Waals surface area contributed by atoms with Gasteiger partial charge in [0.1, 0.15) is 5.75 Å². The molecule has 1 N–H and O–H groups in total. The number of carbonyl (C=O) groups is 1. The Hall–Kier alpha value is -1.63. The number of benzene rings is 1. The number of amides is 1. The lowest BCUT2D eigenvalue weighted by Gasteiger charge is -2.53. The van der Waals surface area contributed by atoms with Crippen molar-refractivity contribution < 1.29 is 9.53 Å². The summed E-state index contributed by atoms with van der Waals surface area (Å²) in [6.07, 6.45) is 10.8. The molecule has 2 aliphatic carbocycles. The summed E-state index contributed by atoms with van der Waals surface area (Å²) >= 11 is 5.10. The molecule has 0 unspecified atom stereocenters. The predicted molar refractivity (Wildman–Crippen MR) is 139 cm³/mol. The number of nitrogens with zero attached hydrogens (tertiary/aromatic N) is 1. The van der Waals surface area contributed by atoms with Crippen LogP contribution in [-0.2, 0) is 10.2 Å². The van der Waals surface area contributed by atoms with Gasteiger partial charge < -0.3 is 15.0 Å². The van der Waals surface area contributed by atoms with Gasteiger partial charge in [0.25, 0.3) is 0 Å². The number of hydrogen-bond acceptors (Lipinski definition) is 4. The van der Waals surface area contributed by atoms with E-state index in [0.29, 0.717) is 5.92 Å². The Bertz CT molecular complexity index is 1020. The number of nitrogens with one attached hydrogen (secondary N) is 1. The molecule has 2 aromatic rings. The van der Waals surface area contributed by atoms with Crippen molar-refractivity contribution in [1.82, 2.24) is 10.2 Å². The van der Waals surface area contributed by atoms with Crippen LogP contribution >= 0.6 is 27.3 Å². The summed E-state index contributed by atoms with van der Waals surface area (Å²) < 4.78 is 6.63. The summed E-state index contributed by atoms with van der Waals surface area (Å²) in [5.41, 5.74) is 1.49. The maximum Gasteiger partial charge on any atom is 0.244 e. The fourth-order valence-electron chi connectivity index (χ4n) is 5.93.